The molecule has 3 heteroatoms. The summed E-state index contributed by atoms with van der Waals surface area (Å²) < 4.78 is 13.4. The first-order valence-electron chi connectivity index (χ1n) is 5.79. The van der Waals surface area contributed by atoms with Crippen LogP contribution in [0.15, 0.2) is 18.2 Å². The van der Waals surface area contributed by atoms with Crippen LogP contribution in [0, 0.1) is 5.82 Å². The van der Waals surface area contributed by atoms with Crippen molar-refractivity contribution in [1.82, 2.24) is 0 Å². The van der Waals surface area contributed by atoms with E-state index < -0.39 is 0 Å². The number of hydrogen-bond donors (Lipinski definition) is 0. The molecule has 1 aromatic carbocycles. The number of rotatable bonds is 3. The zero-order chi connectivity index (χ0) is 11.5. The molecule has 0 unspecified atom stereocenters. The van der Waals surface area contributed by atoms with E-state index in [-0.39, 0.29) is 5.82 Å². The molecule has 1 saturated carbocycles. The van der Waals surface area contributed by atoms with E-state index in [2.05, 4.69) is 4.90 Å². The molecule has 1 aliphatic carbocycles. The van der Waals surface area contributed by atoms with Gasteiger partial charge in [0.15, 0.2) is 0 Å². The first-order chi connectivity index (χ1) is 7.70. The molecule has 88 valence electrons. The van der Waals surface area contributed by atoms with Gasteiger partial charge in [-0.2, -0.15) is 0 Å². The summed E-state index contributed by atoms with van der Waals surface area (Å²) in [6.07, 6.45) is 4.99. The lowest BCUT2D eigenvalue weighted by Gasteiger charge is -2.27. The van der Waals surface area contributed by atoms with Crippen molar-refractivity contribution in [3.8, 4) is 0 Å². The lowest BCUT2D eigenvalue weighted by atomic mass is 10.1. The number of benzene rings is 1. The van der Waals surface area contributed by atoms with Crippen LogP contribution in [0.25, 0.3) is 0 Å². The van der Waals surface area contributed by atoms with E-state index in [0.717, 1.165) is 11.3 Å². The standard InChI is InChI=1S/C13H17ClFN/c1-16(12-4-2-3-5-12)13-7-10(9-14)6-11(15)8-13/h6-8,12H,2-5,9H2,1H3. The second-order valence-corrected chi connectivity index (χ2v) is 4.77. The maximum absolute atomic E-state index is 13.4. The van der Waals surface area contributed by atoms with Crippen LogP contribution in [0.2, 0.25) is 0 Å². The number of anilines is 1. The zero-order valence-corrected chi connectivity index (χ0v) is 10.3. The average molecular weight is 242 g/mol. The fourth-order valence-corrected chi connectivity index (χ4v) is 2.57. The third kappa shape index (κ3) is 2.49. The second kappa shape index (κ2) is 5.05. The van der Waals surface area contributed by atoms with Crippen LogP contribution in [-0.2, 0) is 5.88 Å². The van der Waals surface area contributed by atoms with Gasteiger partial charge < -0.3 is 4.90 Å². The molecule has 0 aromatic heterocycles. The summed E-state index contributed by atoms with van der Waals surface area (Å²) in [6, 6.07) is 5.63. The Morgan fingerprint density at radius 2 is 2.00 bits per heavy atom. The first-order valence-corrected chi connectivity index (χ1v) is 6.32. The van der Waals surface area contributed by atoms with Crippen LogP contribution in [-0.4, -0.2) is 13.1 Å². The Labute approximate surface area is 101 Å². The van der Waals surface area contributed by atoms with Crippen molar-refractivity contribution < 1.29 is 4.39 Å². The Hall–Kier alpha value is -0.760. The smallest absolute Gasteiger partial charge is 0.125 e. The molecule has 1 aliphatic rings. The highest BCUT2D eigenvalue weighted by Crippen LogP contribution is 2.28. The molecule has 1 nitrogen and oxygen atoms in total. The molecule has 16 heavy (non-hydrogen) atoms. The molecule has 1 aromatic rings. The summed E-state index contributed by atoms with van der Waals surface area (Å²) >= 11 is 5.75. The molecule has 0 atom stereocenters. The molecule has 0 N–H and O–H groups in total. The van der Waals surface area contributed by atoms with Gasteiger partial charge in [0, 0.05) is 24.7 Å². The van der Waals surface area contributed by atoms with Gasteiger partial charge in [0.05, 0.1) is 0 Å². The van der Waals surface area contributed by atoms with Crippen molar-refractivity contribution in [2.45, 2.75) is 37.6 Å². The SMILES string of the molecule is CN(c1cc(F)cc(CCl)c1)C1CCCC1. The molecule has 0 heterocycles. The van der Waals surface area contributed by atoms with Gasteiger partial charge in [-0.25, -0.2) is 4.39 Å². The third-order valence-corrected chi connectivity index (χ3v) is 3.68. The Balaban J connectivity index is 2.21. The Kier molecular flexibility index (Phi) is 3.70. The van der Waals surface area contributed by atoms with Crippen molar-refractivity contribution in [2.75, 3.05) is 11.9 Å². The number of hydrogen-bond acceptors (Lipinski definition) is 1. The summed E-state index contributed by atoms with van der Waals surface area (Å²) in [5.74, 6) is 0.168. The quantitative estimate of drug-likeness (QED) is 0.725. The normalized spacial score (nSPS) is 16.7. The minimum atomic E-state index is -0.196. The summed E-state index contributed by atoms with van der Waals surface area (Å²) in [7, 11) is 2.04. The van der Waals surface area contributed by atoms with E-state index in [1.54, 1.807) is 6.07 Å². The molecule has 0 aliphatic heterocycles. The monoisotopic (exact) mass is 241 g/mol. The van der Waals surface area contributed by atoms with Gasteiger partial charge in [-0.05, 0) is 36.6 Å². The molecule has 2 rings (SSSR count). The second-order valence-electron chi connectivity index (χ2n) is 4.50. The minimum Gasteiger partial charge on any atom is -0.372 e. The maximum atomic E-state index is 13.4. The van der Waals surface area contributed by atoms with Crippen LogP contribution in [0.4, 0.5) is 10.1 Å². The predicted octanol–water partition coefficient (Wildman–Crippen LogP) is 3.94. The first kappa shape index (κ1) is 11.7. The van der Waals surface area contributed by atoms with Crippen molar-refractivity contribution in [2.24, 2.45) is 0 Å². The molecular weight excluding hydrogens is 225 g/mol. The lowest BCUT2D eigenvalue weighted by molar-refractivity contribution is 0.618. The van der Waals surface area contributed by atoms with E-state index in [1.807, 2.05) is 13.1 Å². The molecular formula is C13H17ClFN. The van der Waals surface area contributed by atoms with E-state index >= 15 is 0 Å². The highest BCUT2D eigenvalue weighted by atomic mass is 35.5. The Bertz CT molecular complexity index is 361. The van der Waals surface area contributed by atoms with E-state index in [0.29, 0.717) is 11.9 Å². The Morgan fingerprint density at radius 3 is 2.62 bits per heavy atom. The van der Waals surface area contributed by atoms with Gasteiger partial charge in [-0.1, -0.05) is 12.8 Å². The van der Waals surface area contributed by atoms with Crippen LogP contribution in [0.5, 0.6) is 0 Å². The van der Waals surface area contributed by atoms with Crippen molar-refractivity contribution in [1.29, 1.82) is 0 Å². The molecule has 0 spiro atoms. The topological polar surface area (TPSA) is 3.24 Å². The molecule has 0 radical (unpaired) electrons. The van der Waals surface area contributed by atoms with Crippen LogP contribution in [0.1, 0.15) is 31.2 Å². The highest BCUT2D eigenvalue weighted by molar-refractivity contribution is 6.17. The van der Waals surface area contributed by atoms with E-state index in [4.69, 9.17) is 11.6 Å². The van der Waals surface area contributed by atoms with Gasteiger partial charge >= 0.3 is 0 Å². The maximum Gasteiger partial charge on any atom is 0.125 e. The highest BCUT2D eigenvalue weighted by Gasteiger charge is 2.20. The summed E-state index contributed by atoms with van der Waals surface area (Å²) in [6.45, 7) is 0. The van der Waals surface area contributed by atoms with E-state index in [9.17, 15) is 4.39 Å². The number of nitrogens with zero attached hydrogens (tertiary/aromatic N) is 1. The van der Waals surface area contributed by atoms with Crippen molar-refractivity contribution in [3.63, 3.8) is 0 Å². The molecule has 0 bridgehead atoms. The van der Waals surface area contributed by atoms with Crippen molar-refractivity contribution in [3.05, 3.63) is 29.6 Å². The number of alkyl halides is 1. The molecule has 0 saturated heterocycles. The Morgan fingerprint density at radius 1 is 1.31 bits per heavy atom. The van der Waals surface area contributed by atoms with Gasteiger partial charge in [0.2, 0.25) is 0 Å². The third-order valence-electron chi connectivity index (χ3n) is 3.38. The molecule has 0 amide bonds. The van der Waals surface area contributed by atoms with Gasteiger partial charge in [0.25, 0.3) is 0 Å². The lowest BCUT2D eigenvalue weighted by Crippen LogP contribution is -2.28. The summed E-state index contributed by atoms with van der Waals surface area (Å²) in [5, 5.41) is 0. The minimum absolute atomic E-state index is 0.196. The number of halogens is 2. The van der Waals surface area contributed by atoms with Gasteiger partial charge in [-0.15, -0.1) is 11.6 Å². The van der Waals surface area contributed by atoms with Gasteiger partial charge in [-0.3, -0.25) is 0 Å². The zero-order valence-electron chi connectivity index (χ0n) is 9.55. The van der Waals surface area contributed by atoms with Crippen molar-refractivity contribution >= 4 is 17.3 Å². The summed E-state index contributed by atoms with van der Waals surface area (Å²) in [4.78, 5) is 2.19. The fraction of sp³-hybridized carbons (Fsp3) is 0.538. The molecule has 1 fully saturated rings. The largest absolute Gasteiger partial charge is 0.372 e. The summed E-state index contributed by atoms with van der Waals surface area (Å²) in [5.41, 5.74) is 1.80. The fourth-order valence-electron chi connectivity index (χ4n) is 2.42. The average Bonchev–Trinajstić information content (AvgIpc) is 2.80. The van der Waals surface area contributed by atoms with Gasteiger partial charge in [0.1, 0.15) is 5.82 Å². The van der Waals surface area contributed by atoms with Crippen LogP contribution >= 0.6 is 11.6 Å². The van der Waals surface area contributed by atoms with E-state index in [1.165, 1.54) is 31.7 Å². The van der Waals surface area contributed by atoms with Crippen LogP contribution in [0.3, 0.4) is 0 Å². The predicted molar refractivity (Wildman–Crippen MR) is 66.6 cm³/mol. The van der Waals surface area contributed by atoms with Crippen LogP contribution < -0.4 is 4.90 Å².